The summed E-state index contributed by atoms with van der Waals surface area (Å²) in [7, 11) is -3.08. The van der Waals surface area contributed by atoms with E-state index in [-0.39, 0.29) is 11.5 Å². The second kappa shape index (κ2) is 7.36. The zero-order chi connectivity index (χ0) is 17.0. The van der Waals surface area contributed by atoms with E-state index in [9.17, 15) is 8.42 Å². The number of nitrogens with zero attached hydrogens (tertiary/aromatic N) is 2. The van der Waals surface area contributed by atoms with Crippen molar-refractivity contribution in [3.8, 4) is 0 Å². The summed E-state index contributed by atoms with van der Waals surface area (Å²) < 4.78 is 26.3. The van der Waals surface area contributed by atoms with Crippen LogP contribution < -0.4 is 10.6 Å². The molecule has 0 spiro atoms. The minimum atomic E-state index is -3.08. The Bertz CT molecular complexity index is 771. The molecule has 1 aromatic heterocycles. The maximum absolute atomic E-state index is 12.2. The van der Waals surface area contributed by atoms with Crippen LogP contribution in [-0.4, -0.2) is 43.6 Å². The molecule has 0 radical (unpaired) electrons. The topological polar surface area (TPSA) is 76.0 Å². The normalized spacial score (nSPS) is 17.3. The van der Waals surface area contributed by atoms with Crippen molar-refractivity contribution in [3.05, 3.63) is 47.7 Å². The van der Waals surface area contributed by atoms with Gasteiger partial charge in [-0.1, -0.05) is 30.3 Å². The quantitative estimate of drug-likeness (QED) is 0.741. The lowest BCUT2D eigenvalue weighted by molar-refractivity contribution is 0.394. The Balaban J connectivity index is 1.41. The lowest BCUT2D eigenvalue weighted by atomic mass is 10.1. The highest BCUT2D eigenvalue weighted by Crippen LogP contribution is 2.17. The molecule has 1 atom stereocenters. The molecular weight excluding hydrogens is 324 g/mol. The van der Waals surface area contributed by atoms with E-state index in [1.807, 2.05) is 48.0 Å². The van der Waals surface area contributed by atoms with Crippen LogP contribution in [0.5, 0.6) is 0 Å². The van der Waals surface area contributed by atoms with Crippen molar-refractivity contribution in [1.29, 1.82) is 0 Å². The SMILES string of the molecule is Cc1cc2n(n1)C[C@H](CNCCS(=O)(=O)Cc1ccccc1)CN2. The van der Waals surface area contributed by atoms with Gasteiger partial charge in [-0.05, 0) is 12.5 Å². The minimum absolute atomic E-state index is 0.108. The molecule has 1 aliphatic heterocycles. The lowest BCUT2D eigenvalue weighted by Gasteiger charge is -2.25. The fraction of sp³-hybridized carbons (Fsp3) is 0.471. The Hall–Kier alpha value is -1.86. The summed E-state index contributed by atoms with van der Waals surface area (Å²) in [5, 5.41) is 11.1. The van der Waals surface area contributed by atoms with Crippen molar-refractivity contribution in [1.82, 2.24) is 15.1 Å². The molecule has 3 rings (SSSR count). The van der Waals surface area contributed by atoms with Crippen LogP contribution in [0.2, 0.25) is 0 Å². The van der Waals surface area contributed by atoms with Gasteiger partial charge in [0.1, 0.15) is 5.82 Å². The molecule has 1 aliphatic rings. The van der Waals surface area contributed by atoms with E-state index in [4.69, 9.17) is 0 Å². The molecule has 0 bridgehead atoms. The zero-order valence-corrected chi connectivity index (χ0v) is 14.7. The Morgan fingerprint density at radius 2 is 2.12 bits per heavy atom. The van der Waals surface area contributed by atoms with Crippen LogP contribution in [0.4, 0.5) is 5.82 Å². The van der Waals surface area contributed by atoms with Crippen LogP contribution in [0, 0.1) is 12.8 Å². The molecule has 2 heterocycles. The average molecular weight is 348 g/mol. The van der Waals surface area contributed by atoms with Crippen molar-refractivity contribution in [2.75, 3.05) is 30.7 Å². The number of benzene rings is 1. The zero-order valence-electron chi connectivity index (χ0n) is 13.9. The first-order chi connectivity index (χ1) is 11.5. The van der Waals surface area contributed by atoms with Gasteiger partial charge in [0.15, 0.2) is 9.84 Å². The maximum Gasteiger partial charge on any atom is 0.155 e. The number of aromatic nitrogens is 2. The molecule has 0 saturated carbocycles. The van der Waals surface area contributed by atoms with Crippen LogP contribution in [0.15, 0.2) is 36.4 Å². The number of fused-ring (bicyclic) bond motifs is 1. The molecule has 1 aromatic carbocycles. The van der Waals surface area contributed by atoms with E-state index in [1.54, 1.807) is 0 Å². The standard InChI is InChI=1S/C17H24N4O2S/c1-14-9-17-19-11-16(12-21(17)20-14)10-18-7-8-24(22,23)13-15-5-3-2-4-6-15/h2-6,9,16,18-19H,7-8,10-13H2,1H3/t16-/m1/s1. The molecule has 24 heavy (non-hydrogen) atoms. The molecule has 0 amide bonds. The number of nitrogens with one attached hydrogen (secondary N) is 2. The summed E-state index contributed by atoms with van der Waals surface area (Å²) in [4.78, 5) is 0. The Kier molecular flexibility index (Phi) is 5.20. The van der Waals surface area contributed by atoms with Gasteiger partial charge >= 0.3 is 0 Å². The summed E-state index contributed by atoms with van der Waals surface area (Å²) in [5.41, 5.74) is 1.86. The van der Waals surface area contributed by atoms with Gasteiger partial charge in [-0.15, -0.1) is 0 Å². The predicted molar refractivity (Wildman–Crippen MR) is 95.7 cm³/mol. The molecule has 0 aliphatic carbocycles. The second-order valence-electron chi connectivity index (χ2n) is 6.38. The van der Waals surface area contributed by atoms with E-state index < -0.39 is 9.84 Å². The summed E-state index contributed by atoms with van der Waals surface area (Å²) >= 11 is 0. The number of aryl methyl sites for hydroxylation is 1. The van der Waals surface area contributed by atoms with E-state index >= 15 is 0 Å². The van der Waals surface area contributed by atoms with Crippen molar-refractivity contribution >= 4 is 15.7 Å². The van der Waals surface area contributed by atoms with Gasteiger partial charge in [0.05, 0.1) is 17.2 Å². The lowest BCUT2D eigenvalue weighted by Crippen LogP contribution is -2.36. The van der Waals surface area contributed by atoms with Gasteiger partial charge in [0.2, 0.25) is 0 Å². The molecule has 0 saturated heterocycles. The summed E-state index contributed by atoms with van der Waals surface area (Å²) in [5.74, 6) is 1.74. The maximum atomic E-state index is 12.2. The van der Waals surface area contributed by atoms with Crippen molar-refractivity contribution in [2.24, 2.45) is 5.92 Å². The van der Waals surface area contributed by atoms with E-state index in [1.165, 1.54) is 0 Å². The number of hydrogen-bond acceptors (Lipinski definition) is 5. The molecular formula is C17H24N4O2S. The number of hydrogen-bond donors (Lipinski definition) is 2. The first kappa shape index (κ1) is 17.0. The third-order valence-corrected chi connectivity index (χ3v) is 5.76. The van der Waals surface area contributed by atoms with E-state index in [0.29, 0.717) is 12.5 Å². The highest BCUT2D eigenvalue weighted by molar-refractivity contribution is 7.90. The first-order valence-corrected chi connectivity index (χ1v) is 10.1. The van der Waals surface area contributed by atoms with Crippen molar-refractivity contribution < 1.29 is 8.42 Å². The van der Waals surface area contributed by atoms with Gasteiger partial charge in [0.25, 0.3) is 0 Å². The molecule has 2 aromatic rings. The second-order valence-corrected chi connectivity index (χ2v) is 8.57. The smallest absolute Gasteiger partial charge is 0.155 e. The summed E-state index contributed by atoms with van der Waals surface area (Å²) in [6.07, 6.45) is 0. The van der Waals surface area contributed by atoms with Crippen molar-refractivity contribution in [2.45, 2.75) is 19.2 Å². The van der Waals surface area contributed by atoms with Crippen LogP contribution in [-0.2, 0) is 22.1 Å². The van der Waals surface area contributed by atoms with Gasteiger partial charge < -0.3 is 10.6 Å². The molecule has 6 nitrogen and oxygen atoms in total. The van der Waals surface area contributed by atoms with Crippen LogP contribution >= 0.6 is 0 Å². The molecule has 2 N–H and O–H groups in total. The Labute approximate surface area is 143 Å². The van der Waals surface area contributed by atoms with Crippen LogP contribution in [0.1, 0.15) is 11.3 Å². The highest BCUT2D eigenvalue weighted by Gasteiger charge is 2.19. The Morgan fingerprint density at radius 3 is 2.92 bits per heavy atom. The number of anilines is 1. The largest absolute Gasteiger partial charge is 0.370 e. The van der Waals surface area contributed by atoms with Crippen LogP contribution in [0.3, 0.4) is 0 Å². The molecule has 0 fully saturated rings. The summed E-state index contributed by atoms with van der Waals surface area (Å²) in [6.45, 7) is 5.00. The predicted octanol–water partition coefficient (Wildman–Crippen LogP) is 1.44. The number of sulfone groups is 1. The highest BCUT2D eigenvalue weighted by atomic mass is 32.2. The van der Waals surface area contributed by atoms with Gasteiger partial charge in [-0.2, -0.15) is 5.10 Å². The third kappa shape index (κ3) is 4.58. The van der Waals surface area contributed by atoms with Gasteiger partial charge in [0, 0.05) is 38.2 Å². The average Bonchev–Trinajstić information content (AvgIpc) is 2.91. The fourth-order valence-electron chi connectivity index (χ4n) is 2.96. The Morgan fingerprint density at radius 1 is 1.33 bits per heavy atom. The fourth-order valence-corrected chi connectivity index (χ4v) is 4.26. The van der Waals surface area contributed by atoms with Crippen molar-refractivity contribution in [3.63, 3.8) is 0 Å². The van der Waals surface area contributed by atoms with Gasteiger partial charge in [-0.25, -0.2) is 13.1 Å². The van der Waals surface area contributed by atoms with Gasteiger partial charge in [-0.3, -0.25) is 0 Å². The molecule has 7 heteroatoms. The monoisotopic (exact) mass is 348 g/mol. The first-order valence-electron chi connectivity index (χ1n) is 8.25. The summed E-state index contributed by atoms with van der Waals surface area (Å²) in [6, 6.07) is 11.4. The number of rotatable bonds is 7. The van der Waals surface area contributed by atoms with E-state index in [2.05, 4.69) is 15.7 Å². The third-order valence-electron chi connectivity index (χ3n) is 4.16. The molecule has 0 unspecified atom stereocenters. The van der Waals surface area contributed by atoms with Crippen LogP contribution in [0.25, 0.3) is 0 Å². The van der Waals surface area contributed by atoms with E-state index in [0.717, 1.165) is 36.7 Å². The minimum Gasteiger partial charge on any atom is -0.370 e. The molecule has 130 valence electrons.